The van der Waals surface area contributed by atoms with Gasteiger partial charge in [-0.05, 0) is 36.8 Å². The Bertz CT molecular complexity index is 1040. The lowest BCUT2D eigenvalue weighted by molar-refractivity contribution is 0.0920. The zero-order chi connectivity index (χ0) is 20.1. The fraction of sp³-hybridized carbons (Fsp3) is 0.190. The van der Waals surface area contributed by atoms with Crippen LogP contribution in [0, 0.1) is 6.92 Å². The minimum absolute atomic E-state index is 0.0299. The molecule has 0 bridgehead atoms. The van der Waals surface area contributed by atoms with Crippen LogP contribution in [0.25, 0.3) is 0 Å². The van der Waals surface area contributed by atoms with Crippen LogP contribution >= 0.6 is 0 Å². The summed E-state index contributed by atoms with van der Waals surface area (Å²) in [6.45, 7) is 2.31. The summed E-state index contributed by atoms with van der Waals surface area (Å²) >= 11 is 0. The zero-order valence-corrected chi connectivity index (χ0v) is 16.6. The summed E-state index contributed by atoms with van der Waals surface area (Å²) in [4.78, 5) is 12.4. The van der Waals surface area contributed by atoms with Gasteiger partial charge in [-0.25, -0.2) is 8.42 Å². The average Bonchev–Trinajstić information content (AvgIpc) is 3.16. The van der Waals surface area contributed by atoms with E-state index in [0.29, 0.717) is 12.3 Å². The Balaban J connectivity index is 1.63. The van der Waals surface area contributed by atoms with Crippen molar-refractivity contribution < 1.29 is 17.6 Å². The number of rotatable bonds is 7. The molecule has 146 valence electrons. The van der Waals surface area contributed by atoms with Crippen molar-refractivity contribution in [2.24, 2.45) is 0 Å². The second kappa shape index (κ2) is 8.41. The molecule has 6 nitrogen and oxygen atoms in total. The van der Waals surface area contributed by atoms with Crippen molar-refractivity contribution in [3.8, 4) is 0 Å². The molecule has 0 aliphatic rings. The van der Waals surface area contributed by atoms with E-state index in [4.69, 9.17) is 4.42 Å². The summed E-state index contributed by atoms with van der Waals surface area (Å²) in [6, 6.07) is 19.3. The molecule has 1 aromatic heterocycles. The summed E-state index contributed by atoms with van der Waals surface area (Å²) in [7, 11) is -2.16. The Morgan fingerprint density at radius 2 is 1.68 bits per heavy atom. The van der Waals surface area contributed by atoms with Crippen LogP contribution in [0.1, 0.15) is 27.4 Å². The molecule has 1 heterocycles. The van der Waals surface area contributed by atoms with Gasteiger partial charge in [-0.3, -0.25) is 4.79 Å². The lowest BCUT2D eigenvalue weighted by Crippen LogP contribution is -2.26. The van der Waals surface area contributed by atoms with E-state index >= 15 is 0 Å². The summed E-state index contributed by atoms with van der Waals surface area (Å²) in [5.41, 5.74) is 1.96. The predicted octanol–water partition coefficient (Wildman–Crippen LogP) is 3.34. The van der Waals surface area contributed by atoms with Crippen LogP contribution < -0.4 is 5.32 Å². The quantitative estimate of drug-likeness (QED) is 0.662. The minimum Gasteiger partial charge on any atom is -0.455 e. The van der Waals surface area contributed by atoms with Crippen molar-refractivity contribution in [1.82, 2.24) is 9.62 Å². The molecule has 2 aromatic carbocycles. The van der Waals surface area contributed by atoms with Crippen LogP contribution in [-0.2, 0) is 23.1 Å². The zero-order valence-electron chi connectivity index (χ0n) is 15.8. The van der Waals surface area contributed by atoms with Crippen LogP contribution in [-0.4, -0.2) is 25.7 Å². The first-order valence-electron chi connectivity index (χ1n) is 8.80. The molecule has 3 aromatic rings. The van der Waals surface area contributed by atoms with Gasteiger partial charge in [0, 0.05) is 13.6 Å². The Labute approximate surface area is 164 Å². The monoisotopic (exact) mass is 398 g/mol. The molecule has 0 spiro atoms. The average molecular weight is 398 g/mol. The third-order valence-corrected chi connectivity index (χ3v) is 6.11. The number of hydrogen-bond donors (Lipinski definition) is 1. The molecule has 0 radical (unpaired) electrons. The molecule has 7 heteroatoms. The van der Waals surface area contributed by atoms with Crippen LogP contribution in [0.2, 0.25) is 0 Å². The van der Waals surface area contributed by atoms with Gasteiger partial charge in [0.25, 0.3) is 5.91 Å². The van der Waals surface area contributed by atoms with Crippen LogP contribution in [0.3, 0.4) is 0 Å². The van der Waals surface area contributed by atoms with Gasteiger partial charge in [0.1, 0.15) is 5.76 Å². The molecule has 0 aliphatic heterocycles. The molecular weight excluding hydrogens is 376 g/mol. The summed E-state index contributed by atoms with van der Waals surface area (Å²) in [5, 5.41) is 2.78. The van der Waals surface area contributed by atoms with Crippen molar-refractivity contribution in [3.63, 3.8) is 0 Å². The van der Waals surface area contributed by atoms with Gasteiger partial charge in [-0.1, -0.05) is 48.0 Å². The van der Waals surface area contributed by atoms with Gasteiger partial charge in [-0.2, -0.15) is 4.31 Å². The van der Waals surface area contributed by atoms with Crippen molar-refractivity contribution in [1.29, 1.82) is 0 Å². The van der Waals surface area contributed by atoms with Crippen LogP contribution in [0.5, 0.6) is 0 Å². The van der Waals surface area contributed by atoms with Gasteiger partial charge in [0.05, 0.1) is 11.4 Å². The molecule has 0 atom stereocenters. The molecule has 1 amide bonds. The van der Waals surface area contributed by atoms with E-state index in [0.717, 1.165) is 11.1 Å². The van der Waals surface area contributed by atoms with Crippen LogP contribution in [0.4, 0.5) is 0 Å². The van der Waals surface area contributed by atoms with Gasteiger partial charge in [0.2, 0.25) is 10.0 Å². The number of sulfonamides is 1. The molecule has 0 saturated heterocycles. The summed E-state index contributed by atoms with van der Waals surface area (Å²) in [6.07, 6.45) is 0. The second-order valence-electron chi connectivity index (χ2n) is 6.51. The van der Waals surface area contributed by atoms with Crippen molar-refractivity contribution >= 4 is 15.9 Å². The maximum atomic E-state index is 12.7. The fourth-order valence-corrected chi connectivity index (χ4v) is 3.78. The van der Waals surface area contributed by atoms with E-state index in [1.807, 2.05) is 37.3 Å². The normalized spacial score (nSPS) is 11.5. The Morgan fingerprint density at radius 3 is 2.36 bits per heavy atom. The van der Waals surface area contributed by atoms with Gasteiger partial charge in [-0.15, -0.1) is 0 Å². The van der Waals surface area contributed by atoms with E-state index in [1.54, 1.807) is 36.4 Å². The van der Waals surface area contributed by atoms with Crippen molar-refractivity contribution in [2.45, 2.75) is 24.9 Å². The standard InChI is InChI=1S/C21H22N2O4S/c1-16-8-11-19(12-9-16)28(25,26)23(2)15-18-10-13-20(27-18)21(24)22-14-17-6-4-3-5-7-17/h3-13H,14-15H2,1-2H3,(H,22,24). The number of amides is 1. The molecule has 28 heavy (non-hydrogen) atoms. The molecule has 1 N–H and O–H groups in total. The number of aryl methyl sites for hydroxylation is 1. The second-order valence-corrected chi connectivity index (χ2v) is 8.55. The topological polar surface area (TPSA) is 79.6 Å². The highest BCUT2D eigenvalue weighted by molar-refractivity contribution is 7.89. The smallest absolute Gasteiger partial charge is 0.287 e. The maximum Gasteiger partial charge on any atom is 0.287 e. The van der Waals surface area contributed by atoms with E-state index in [2.05, 4.69) is 5.32 Å². The first-order chi connectivity index (χ1) is 13.4. The lowest BCUT2D eigenvalue weighted by Gasteiger charge is -2.16. The lowest BCUT2D eigenvalue weighted by atomic mass is 10.2. The molecule has 0 aliphatic carbocycles. The van der Waals surface area contributed by atoms with Crippen molar-refractivity contribution in [2.75, 3.05) is 7.05 Å². The largest absolute Gasteiger partial charge is 0.455 e. The third-order valence-electron chi connectivity index (χ3n) is 4.29. The predicted molar refractivity (Wildman–Crippen MR) is 106 cm³/mol. The van der Waals surface area contributed by atoms with Gasteiger partial charge >= 0.3 is 0 Å². The number of nitrogens with one attached hydrogen (secondary N) is 1. The highest BCUT2D eigenvalue weighted by atomic mass is 32.2. The molecule has 0 saturated carbocycles. The first kappa shape index (κ1) is 19.9. The molecular formula is C21H22N2O4S. The van der Waals surface area contributed by atoms with Gasteiger partial charge < -0.3 is 9.73 Å². The Kier molecular flexibility index (Phi) is 5.96. The maximum absolute atomic E-state index is 12.7. The molecule has 0 unspecified atom stereocenters. The highest BCUT2D eigenvalue weighted by Gasteiger charge is 2.22. The first-order valence-corrected chi connectivity index (χ1v) is 10.2. The number of nitrogens with zero attached hydrogens (tertiary/aromatic N) is 1. The number of furan rings is 1. The highest BCUT2D eigenvalue weighted by Crippen LogP contribution is 2.18. The summed E-state index contributed by atoms with van der Waals surface area (Å²) < 4.78 is 32.0. The number of benzene rings is 2. The Morgan fingerprint density at radius 1 is 1.00 bits per heavy atom. The number of hydrogen-bond acceptors (Lipinski definition) is 4. The van der Waals surface area contributed by atoms with Crippen LogP contribution in [0.15, 0.2) is 76.0 Å². The van der Waals surface area contributed by atoms with E-state index in [1.165, 1.54) is 11.4 Å². The van der Waals surface area contributed by atoms with E-state index < -0.39 is 10.0 Å². The Hall–Kier alpha value is -2.90. The summed E-state index contributed by atoms with van der Waals surface area (Å²) in [5.74, 6) is 0.189. The van der Waals surface area contributed by atoms with E-state index in [-0.39, 0.29) is 23.1 Å². The third kappa shape index (κ3) is 4.68. The number of carbonyl (C=O) groups is 1. The van der Waals surface area contributed by atoms with Gasteiger partial charge in [0.15, 0.2) is 5.76 Å². The molecule has 3 rings (SSSR count). The minimum atomic E-state index is -3.64. The molecule has 0 fully saturated rings. The van der Waals surface area contributed by atoms with Crippen molar-refractivity contribution in [3.05, 3.63) is 89.4 Å². The SMILES string of the molecule is Cc1ccc(S(=O)(=O)N(C)Cc2ccc(C(=O)NCc3ccccc3)o2)cc1. The number of carbonyl (C=O) groups excluding carboxylic acids is 1. The van der Waals surface area contributed by atoms with E-state index in [9.17, 15) is 13.2 Å². The fourth-order valence-electron chi connectivity index (χ4n) is 2.64.